The highest BCUT2D eigenvalue weighted by Crippen LogP contribution is 2.30. The van der Waals surface area contributed by atoms with E-state index in [1.54, 1.807) is 0 Å². The summed E-state index contributed by atoms with van der Waals surface area (Å²) in [5, 5.41) is 14.2. The van der Waals surface area contributed by atoms with Crippen LogP contribution in [0.2, 0.25) is 0 Å². The first-order valence-corrected chi connectivity index (χ1v) is 11.5. The van der Waals surface area contributed by atoms with E-state index in [1.807, 2.05) is 0 Å². The number of hydrogen-bond acceptors (Lipinski definition) is 8. The fourth-order valence-corrected chi connectivity index (χ4v) is 5.24. The first-order valence-electron chi connectivity index (χ1n) is 9.57. The lowest BCUT2D eigenvalue weighted by Crippen LogP contribution is -2.33. The van der Waals surface area contributed by atoms with Gasteiger partial charge in [0.05, 0.1) is 33.1 Å². The van der Waals surface area contributed by atoms with Crippen LogP contribution in [-0.2, 0) is 16.0 Å². The predicted molar refractivity (Wildman–Crippen MR) is 114 cm³/mol. The molecule has 11 heteroatoms. The number of hydrogen-bond donors (Lipinski definition) is 1. The monoisotopic (exact) mass is 448 g/mol. The first kappa shape index (κ1) is 20.9. The van der Waals surface area contributed by atoms with Crippen LogP contribution < -0.4 is 10.9 Å². The van der Waals surface area contributed by atoms with Gasteiger partial charge in [-0.05, 0) is 25.0 Å². The van der Waals surface area contributed by atoms with Crippen LogP contribution in [0.25, 0.3) is 5.69 Å². The lowest BCUT2D eigenvalue weighted by atomic mass is 10.2. The molecule has 1 saturated heterocycles. The molecule has 2 aliphatic rings. The Labute approximate surface area is 180 Å². The van der Waals surface area contributed by atoms with Crippen LogP contribution in [0, 0.1) is 10.1 Å². The van der Waals surface area contributed by atoms with Gasteiger partial charge in [-0.3, -0.25) is 24.3 Å². The molecule has 9 nitrogen and oxygen atoms in total. The number of carbonyl (C=O) groups excluding carboxylic acids is 1. The van der Waals surface area contributed by atoms with Gasteiger partial charge in [-0.15, -0.1) is 11.8 Å². The Morgan fingerprint density at radius 1 is 1.40 bits per heavy atom. The van der Waals surface area contributed by atoms with Crippen molar-refractivity contribution in [2.75, 3.05) is 24.7 Å². The minimum Gasteiger partial charge on any atom is -0.376 e. The van der Waals surface area contributed by atoms with E-state index < -0.39 is 4.92 Å². The fourth-order valence-electron chi connectivity index (χ4n) is 3.35. The smallest absolute Gasteiger partial charge is 0.272 e. The number of benzene rings is 1. The lowest BCUT2D eigenvalue weighted by Gasteiger charge is -2.14. The maximum absolute atomic E-state index is 13.1. The molecular weight excluding hydrogens is 428 g/mol. The maximum atomic E-state index is 13.1. The number of nitro benzene ring substituents is 1. The minimum atomic E-state index is -0.489. The summed E-state index contributed by atoms with van der Waals surface area (Å²) in [6, 6.07) is 5.75. The summed E-state index contributed by atoms with van der Waals surface area (Å²) < 4.78 is 6.94. The van der Waals surface area contributed by atoms with Crippen molar-refractivity contribution in [3.8, 4) is 5.69 Å². The number of amides is 1. The zero-order chi connectivity index (χ0) is 21.1. The largest absolute Gasteiger partial charge is 0.376 e. The highest BCUT2D eigenvalue weighted by atomic mass is 32.2. The van der Waals surface area contributed by atoms with Crippen molar-refractivity contribution >= 4 is 35.1 Å². The molecule has 1 atom stereocenters. The second-order valence-electron chi connectivity index (χ2n) is 6.91. The third-order valence-electron chi connectivity index (χ3n) is 4.87. The van der Waals surface area contributed by atoms with Gasteiger partial charge in [0.15, 0.2) is 5.16 Å². The van der Waals surface area contributed by atoms with Crippen molar-refractivity contribution in [2.24, 2.45) is 0 Å². The van der Waals surface area contributed by atoms with Crippen LogP contribution in [0.3, 0.4) is 0 Å². The number of aryl methyl sites for hydroxylation is 1. The molecule has 2 aliphatic heterocycles. The zero-order valence-electron chi connectivity index (χ0n) is 16.0. The van der Waals surface area contributed by atoms with Crippen LogP contribution in [0.15, 0.2) is 39.1 Å². The van der Waals surface area contributed by atoms with Crippen LogP contribution in [-0.4, -0.2) is 51.1 Å². The summed E-state index contributed by atoms with van der Waals surface area (Å²) in [6.07, 6.45) is 2.72. The molecule has 1 amide bonds. The van der Waals surface area contributed by atoms with E-state index in [9.17, 15) is 19.7 Å². The van der Waals surface area contributed by atoms with Crippen molar-refractivity contribution < 1.29 is 14.5 Å². The molecule has 1 N–H and O–H groups in total. The number of nitro groups is 1. The first-order chi connectivity index (χ1) is 14.5. The van der Waals surface area contributed by atoms with Crippen LogP contribution >= 0.6 is 23.5 Å². The van der Waals surface area contributed by atoms with Crippen LogP contribution in [0.5, 0.6) is 0 Å². The Morgan fingerprint density at radius 2 is 2.20 bits per heavy atom. The third-order valence-corrected chi connectivity index (χ3v) is 6.91. The van der Waals surface area contributed by atoms with Gasteiger partial charge in [0.2, 0.25) is 5.91 Å². The topological polar surface area (TPSA) is 116 Å². The molecule has 30 heavy (non-hydrogen) atoms. The van der Waals surface area contributed by atoms with E-state index >= 15 is 0 Å². The number of ether oxygens (including phenoxy) is 1. The van der Waals surface area contributed by atoms with E-state index in [0.717, 1.165) is 30.9 Å². The average Bonchev–Trinajstić information content (AvgIpc) is 3.43. The van der Waals surface area contributed by atoms with Gasteiger partial charge < -0.3 is 10.1 Å². The molecule has 0 unspecified atom stereocenters. The molecule has 0 saturated carbocycles. The van der Waals surface area contributed by atoms with Gasteiger partial charge in [-0.25, -0.2) is 4.98 Å². The number of nitrogens with zero attached hydrogens (tertiary/aromatic N) is 3. The van der Waals surface area contributed by atoms with Crippen molar-refractivity contribution in [3.63, 3.8) is 0 Å². The molecule has 0 spiro atoms. The molecule has 158 valence electrons. The van der Waals surface area contributed by atoms with Crippen molar-refractivity contribution in [1.29, 1.82) is 0 Å². The van der Waals surface area contributed by atoms with Crippen LogP contribution in [0.1, 0.15) is 18.5 Å². The van der Waals surface area contributed by atoms with Crippen molar-refractivity contribution in [2.45, 2.75) is 35.4 Å². The summed E-state index contributed by atoms with van der Waals surface area (Å²) in [4.78, 5) is 41.0. The fraction of sp³-hybridized carbons (Fsp3) is 0.421. The molecular formula is C19H20N4O5S2. The molecule has 3 heterocycles. The Morgan fingerprint density at radius 3 is 2.90 bits per heavy atom. The number of carbonyl (C=O) groups is 1. The number of rotatable bonds is 7. The Bertz CT molecular complexity index is 1020. The van der Waals surface area contributed by atoms with E-state index in [0.29, 0.717) is 28.7 Å². The van der Waals surface area contributed by atoms with Gasteiger partial charge in [-0.2, -0.15) is 0 Å². The predicted octanol–water partition coefficient (Wildman–Crippen LogP) is 2.18. The molecule has 1 aromatic heterocycles. The van der Waals surface area contributed by atoms with E-state index in [-0.39, 0.29) is 29.0 Å². The van der Waals surface area contributed by atoms with E-state index in [2.05, 4.69) is 10.3 Å². The second-order valence-corrected chi connectivity index (χ2v) is 8.96. The van der Waals surface area contributed by atoms with Crippen LogP contribution in [0.4, 0.5) is 5.69 Å². The van der Waals surface area contributed by atoms with Gasteiger partial charge >= 0.3 is 0 Å². The number of nitrogens with one attached hydrogen (secondary N) is 1. The normalized spacial score (nSPS) is 17.7. The SMILES string of the molecule is O=C(CSc1nc2c(c(=O)n1-c1ccc([N+](=O)[O-])cc1)SCC2)NC[C@@H]1CCCO1. The molecule has 2 aromatic rings. The van der Waals surface area contributed by atoms with Crippen molar-refractivity contribution in [1.82, 2.24) is 14.9 Å². The number of thioether (sulfide) groups is 2. The minimum absolute atomic E-state index is 0.0574. The quantitative estimate of drug-likeness (QED) is 0.296. The highest BCUT2D eigenvalue weighted by molar-refractivity contribution is 8.00. The highest BCUT2D eigenvalue weighted by Gasteiger charge is 2.23. The van der Waals surface area contributed by atoms with Gasteiger partial charge in [0, 0.05) is 37.5 Å². The average molecular weight is 449 g/mol. The lowest BCUT2D eigenvalue weighted by molar-refractivity contribution is -0.384. The van der Waals surface area contributed by atoms with E-state index in [4.69, 9.17) is 4.74 Å². The molecule has 1 fully saturated rings. The molecule has 4 rings (SSSR count). The maximum Gasteiger partial charge on any atom is 0.272 e. The van der Waals surface area contributed by atoms with Gasteiger partial charge in [-0.1, -0.05) is 11.8 Å². The molecule has 0 aliphatic carbocycles. The third kappa shape index (κ3) is 4.52. The standard InChI is InChI=1S/C19H20N4O5S2/c24-16(20-10-14-2-1-8-28-14)11-30-19-21-15-7-9-29-17(15)18(25)22(19)12-3-5-13(6-4-12)23(26)27/h3-6,14H,1-2,7-11H2,(H,20,24)/t14-/m0/s1. The summed E-state index contributed by atoms with van der Waals surface area (Å²) in [5.74, 6) is 0.737. The summed E-state index contributed by atoms with van der Waals surface area (Å²) in [7, 11) is 0. The Kier molecular flexibility index (Phi) is 6.40. The summed E-state index contributed by atoms with van der Waals surface area (Å²) >= 11 is 2.64. The summed E-state index contributed by atoms with van der Waals surface area (Å²) in [6.45, 7) is 1.21. The molecule has 1 aromatic carbocycles. The second kappa shape index (κ2) is 9.19. The van der Waals surface area contributed by atoms with Gasteiger partial charge in [0.25, 0.3) is 11.2 Å². The Balaban J connectivity index is 1.55. The number of fused-ring (bicyclic) bond motifs is 1. The van der Waals surface area contributed by atoms with Gasteiger partial charge in [0.1, 0.15) is 0 Å². The molecule has 0 radical (unpaired) electrons. The molecule has 0 bridgehead atoms. The zero-order valence-corrected chi connectivity index (χ0v) is 17.7. The number of aromatic nitrogens is 2. The number of non-ortho nitro benzene ring substituents is 1. The summed E-state index contributed by atoms with van der Waals surface area (Å²) in [5.41, 5.74) is 0.956. The van der Waals surface area contributed by atoms with Crippen molar-refractivity contribution in [3.05, 3.63) is 50.4 Å². The Hall–Kier alpha value is -2.37. The van der Waals surface area contributed by atoms with E-state index in [1.165, 1.54) is 52.4 Å².